The minimum absolute atomic E-state index is 0.889. The van der Waals surface area contributed by atoms with Gasteiger partial charge in [0.05, 0.1) is 0 Å². The Kier molecular flexibility index (Phi) is 6.06. The number of rotatable bonds is 0. The van der Waals surface area contributed by atoms with Crippen LogP contribution in [0.1, 0.15) is 82.4 Å². The van der Waals surface area contributed by atoms with Crippen molar-refractivity contribution in [2.24, 2.45) is 29.6 Å². The Balaban J connectivity index is 0.000000141. The van der Waals surface area contributed by atoms with Crippen molar-refractivity contribution >= 4 is 0 Å². The first-order valence-corrected chi connectivity index (χ1v) is 10.6. The molecule has 0 heterocycles. The van der Waals surface area contributed by atoms with Crippen molar-refractivity contribution < 1.29 is 0 Å². The highest BCUT2D eigenvalue weighted by Crippen LogP contribution is 2.44. The third-order valence-electron chi connectivity index (χ3n) is 6.97. The molecule has 134 valence electrons. The van der Waals surface area contributed by atoms with E-state index in [1.807, 2.05) is 0 Å². The molecule has 3 aliphatic rings. The normalized spacial score (nSPS) is 35.2. The van der Waals surface area contributed by atoms with Gasteiger partial charge in [0, 0.05) is 0 Å². The number of aryl methyl sites for hydroxylation is 2. The number of fused-ring (bicyclic) bond motifs is 2. The Morgan fingerprint density at radius 2 is 1.33 bits per heavy atom. The summed E-state index contributed by atoms with van der Waals surface area (Å²) in [6.45, 7) is 9.41. The minimum atomic E-state index is 0.889. The van der Waals surface area contributed by atoms with Gasteiger partial charge in [0.15, 0.2) is 0 Å². The second kappa shape index (κ2) is 8.07. The number of benzene rings is 1. The lowest BCUT2D eigenvalue weighted by Gasteiger charge is -2.40. The summed E-state index contributed by atoms with van der Waals surface area (Å²) in [7, 11) is 0. The molecule has 1 aromatic rings. The van der Waals surface area contributed by atoms with Crippen LogP contribution in [0.25, 0.3) is 0 Å². The Bertz CT molecular complexity index is 511. The van der Waals surface area contributed by atoms with E-state index in [0.29, 0.717) is 0 Å². The van der Waals surface area contributed by atoms with E-state index >= 15 is 0 Å². The molecule has 24 heavy (non-hydrogen) atoms. The molecule has 0 bridgehead atoms. The van der Waals surface area contributed by atoms with Crippen LogP contribution in [-0.2, 0) is 12.8 Å². The molecular weight excluding hydrogens is 288 g/mol. The van der Waals surface area contributed by atoms with E-state index < -0.39 is 0 Å². The second-order valence-electron chi connectivity index (χ2n) is 9.48. The maximum atomic E-state index is 2.44. The van der Waals surface area contributed by atoms with E-state index in [9.17, 15) is 0 Å². The molecule has 2 fully saturated rings. The van der Waals surface area contributed by atoms with Crippen molar-refractivity contribution in [2.75, 3.05) is 0 Å². The van der Waals surface area contributed by atoms with Gasteiger partial charge in [0.2, 0.25) is 0 Å². The molecule has 4 rings (SSSR count). The first-order chi connectivity index (χ1) is 11.5. The molecule has 0 amide bonds. The second-order valence-corrected chi connectivity index (χ2v) is 9.48. The quantitative estimate of drug-likeness (QED) is 0.482. The van der Waals surface area contributed by atoms with E-state index in [2.05, 4.69) is 45.9 Å². The molecule has 0 aliphatic heterocycles. The molecule has 0 aromatic heterocycles. The molecule has 1 aromatic carbocycles. The molecule has 0 radical (unpaired) electrons. The van der Waals surface area contributed by atoms with Crippen molar-refractivity contribution in [3.8, 4) is 0 Å². The van der Waals surface area contributed by atoms with Gasteiger partial charge in [-0.3, -0.25) is 0 Å². The van der Waals surface area contributed by atoms with Gasteiger partial charge in [-0.1, -0.05) is 57.4 Å². The number of hydrogen-bond acceptors (Lipinski definition) is 0. The zero-order chi connectivity index (χ0) is 17.1. The lowest BCUT2D eigenvalue weighted by atomic mass is 9.65. The third-order valence-corrected chi connectivity index (χ3v) is 6.97. The molecule has 0 saturated heterocycles. The molecule has 0 nitrogen and oxygen atoms in total. The van der Waals surface area contributed by atoms with Crippen LogP contribution in [0.5, 0.6) is 0 Å². The Morgan fingerprint density at radius 1 is 0.708 bits per heavy atom. The van der Waals surface area contributed by atoms with Crippen molar-refractivity contribution in [2.45, 2.75) is 85.5 Å². The first-order valence-electron chi connectivity index (χ1n) is 10.6. The summed E-state index contributed by atoms with van der Waals surface area (Å²) < 4.78 is 0. The van der Waals surface area contributed by atoms with Gasteiger partial charge in [-0.25, -0.2) is 0 Å². The number of hydrogen-bond donors (Lipinski definition) is 0. The van der Waals surface area contributed by atoms with E-state index in [1.165, 1.54) is 63.4 Å². The van der Waals surface area contributed by atoms with Crippen molar-refractivity contribution in [1.82, 2.24) is 0 Å². The zero-order valence-corrected chi connectivity index (χ0v) is 16.5. The topological polar surface area (TPSA) is 0 Å². The Hall–Kier alpha value is -0.780. The van der Waals surface area contributed by atoms with Gasteiger partial charge in [0.1, 0.15) is 0 Å². The molecule has 0 N–H and O–H groups in total. The van der Waals surface area contributed by atoms with E-state index in [-0.39, 0.29) is 0 Å². The minimum Gasteiger partial charge on any atom is -0.0625 e. The summed E-state index contributed by atoms with van der Waals surface area (Å²) >= 11 is 0. The van der Waals surface area contributed by atoms with Gasteiger partial charge in [-0.15, -0.1) is 0 Å². The lowest BCUT2D eigenvalue weighted by molar-refractivity contribution is 0.109. The highest BCUT2D eigenvalue weighted by molar-refractivity contribution is 5.33. The molecule has 5 unspecified atom stereocenters. The van der Waals surface area contributed by atoms with Crippen molar-refractivity contribution in [1.29, 1.82) is 0 Å². The first kappa shape index (κ1) is 18.0. The monoisotopic (exact) mass is 326 g/mol. The standard InChI is InChI=1S/C12H22.C12H16/c2*1-9-3-5-12-8-10(2)4-6-11(12)7-9/h9-12H,3-8H2,1-2H3;3,5,7,10H,4,6,8H2,1-2H3. The summed E-state index contributed by atoms with van der Waals surface area (Å²) in [4.78, 5) is 0. The van der Waals surface area contributed by atoms with Crippen LogP contribution in [0.2, 0.25) is 0 Å². The smallest absolute Gasteiger partial charge is 0.0250 e. The molecule has 0 spiro atoms. The summed E-state index contributed by atoms with van der Waals surface area (Å²) in [5, 5.41) is 0. The van der Waals surface area contributed by atoms with Gasteiger partial charge in [-0.2, -0.15) is 0 Å². The van der Waals surface area contributed by atoms with Gasteiger partial charge in [0.25, 0.3) is 0 Å². The van der Waals surface area contributed by atoms with Crippen LogP contribution < -0.4 is 0 Å². The van der Waals surface area contributed by atoms with Crippen LogP contribution in [-0.4, -0.2) is 0 Å². The Labute approximate surface area is 150 Å². The van der Waals surface area contributed by atoms with Crippen molar-refractivity contribution in [3.63, 3.8) is 0 Å². The fourth-order valence-corrected chi connectivity index (χ4v) is 5.42. The van der Waals surface area contributed by atoms with Crippen LogP contribution >= 0.6 is 0 Å². The summed E-state index contributed by atoms with van der Waals surface area (Å²) in [5.41, 5.74) is 4.58. The zero-order valence-electron chi connectivity index (χ0n) is 16.5. The molecule has 2 saturated carbocycles. The third kappa shape index (κ3) is 4.64. The molecule has 5 atom stereocenters. The van der Waals surface area contributed by atoms with Gasteiger partial charge >= 0.3 is 0 Å². The fourth-order valence-electron chi connectivity index (χ4n) is 5.42. The Morgan fingerprint density at radius 3 is 1.96 bits per heavy atom. The lowest BCUT2D eigenvalue weighted by Crippen LogP contribution is -2.29. The maximum absolute atomic E-state index is 2.44. The predicted molar refractivity (Wildman–Crippen MR) is 105 cm³/mol. The summed E-state index contributed by atoms with van der Waals surface area (Å²) in [5.74, 6) is 5.18. The maximum Gasteiger partial charge on any atom is -0.0250 e. The van der Waals surface area contributed by atoms with Crippen LogP contribution in [0.3, 0.4) is 0 Å². The average molecular weight is 327 g/mol. The van der Waals surface area contributed by atoms with Crippen LogP contribution in [0, 0.1) is 36.5 Å². The molecular formula is C24H38. The summed E-state index contributed by atoms with van der Waals surface area (Å²) in [6, 6.07) is 6.89. The van der Waals surface area contributed by atoms with E-state index in [1.54, 1.807) is 11.1 Å². The summed E-state index contributed by atoms with van der Waals surface area (Å²) in [6.07, 6.45) is 13.1. The van der Waals surface area contributed by atoms with Crippen LogP contribution in [0.15, 0.2) is 18.2 Å². The highest BCUT2D eigenvalue weighted by atomic mass is 14.4. The SMILES string of the molecule is CC1CCC2CC(C)CCC2C1.Cc1ccc2c(c1)CCC(C)C2. The fraction of sp³-hybridized carbons (Fsp3) is 0.750. The average Bonchev–Trinajstić information content (AvgIpc) is 2.56. The predicted octanol–water partition coefficient (Wildman–Crippen LogP) is 6.98. The van der Waals surface area contributed by atoms with Crippen molar-refractivity contribution in [3.05, 3.63) is 34.9 Å². The van der Waals surface area contributed by atoms with Gasteiger partial charge in [-0.05, 0) is 92.6 Å². The molecule has 0 heteroatoms. The van der Waals surface area contributed by atoms with Gasteiger partial charge < -0.3 is 0 Å². The van der Waals surface area contributed by atoms with E-state index in [4.69, 9.17) is 0 Å². The highest BCUT2D eigenvalue weighted by Gasteiger charge is 2.32. The molecule has 3 aliphatic carbocycles. The van der Waals surface area contributed by atoms with Crippen LogP contribution in [0.4, 0.5) is 0 Å². The van der Waals surface area contributed by atoms with E-state index in [0.717, 1.165) is 29.6 Å². The largest absolute Gasteiger partial charge is 0.0625 e.